The molecule has 132 valence electrons. The van der Waals surface area contributed by atoms with Gasteiger partial charge in [-0.3, -0.25) is 4.90 Å². The summed E-state index contributed by atoms with van der Waals surface area (Å²) in [7, 11) is 0.0330. The molecule has 1 aliphatic heterocycles. The molecule has 0 bridgehead atoms. The van der Waals surface area contributed by atoms with Crippen LogP contribution >= 0.6 is 0 Å². The zero-order valence-corrected chi connectivity index (χ0v) is 15.2. The number of hydrogen-bond donors (Lipinski definition) is 0. The number of hydrogen-bond acceptors (Lipinski definition) is 6. The molecule has 1 saturated heterocycles. The maximum Gasteiger partial charge on any atom is 0.213 e. The van der Waals surface area contributed by atoms with E-state index in [-0.39, 0.29) is 11.9 Å². The van der Waals surface area contributed by atoms with Crippen LogP contribution in [0.2, 0.25) is 0 Å². The lowest BCUT2D eigenvalue weighted by Crippen LogP contribution is -2.45. The van der Waals surface area contributed by atoms with E-state index in [9.17, 15) is 8.42 Å². The summed E-state index contributed by atoms with van der Waals surface area (Å²) in [6.45, 7) is 7.56. The molecule has 0 amide bonds. The summed E-state index contributed by atoms with van der Waals surface area (Å²) in [5.41, 5.74) is 0. The number of sulfonamides is 1. The molecular formula is C14H27N5O3S. The summed E-state index contributed by atoms with van der Waals surface area (Å²) in [5, 5.41) is 4.37. The van der Waals surface area contributed by atoms with Gasteiger partial charge in [0, 0.05) is 27.2 Å². The second-order valence-corrected chi connectivity index (χ2v) is 8.44. The average Bonchev–Trinajstić information content (AvgIpc) is 2.77. The Labute approximate surface area is 138 Å². The van der Waals surface area contributed by atoms with Gasteiger partial charge >= 0.3 is 0 Å². The average molecular weight is 345 g/mol. The Hall–Kier alpha value is -1.03. The smallest absolute Gasteiger partial charge is 0.213 e. The Morgan fingerprint density at radius 2 is 2.09 bits per heavy atom. The summed E-state index contributed by atoms with van der Waals surface area (Å²) in [6.07, 6.45) is 0.698. The van der Waals surface area contributed by atoms with Gasteiger partial charge in [0.2, 0.25) is 10.0 Å². The predicted molar refractivity (Wildman–Crippen MR) is 87.8 cm³/mol. The number of aryl methyl sites for hydroxylation is 2. The van der Waals surface area contributed by atoms with E-state index in [1.54, 1.807) is 14.1 Å². The van der Waals surface area contributed by atoms with Gasteiger partial charge in [0.25, 0.3) is 0 Å². The van der Waals surface area contributed by atoms with E-state index in [0.717, 1.165) is 31.3 Å². The predicted octanol–water partition coefficient (Wildman–Crippen LogP) is -0.123. The Morgan fingerprint density at radius 3 is 2.70 bits per heavy atom. The van der Waals surface area contributed by atoms with Crippen molar-refractivity contribution in [2.45, 2.75) is 32.9 Å². The Kier molecular flexibility index (Phi) is 6.12. The van der Waals surface area contributed by atoms with E-state index < -0.39 is 10.0 Å². The maximum absolute atomic E-state index is 11.8. The van der Waals surface area contributed by atoms with E-state index in [1.165, 1.54) is 4.31 Å². The summed E-state index contributed by atoms with van der Waals surface area (Å²) in [5.74, 6) is 1.84. The molecule has 0 N–H and O–H groups in total. The zero-order valence-electron chi connectivity index (χ0n) is 14.4. The van der Waals surface area contributed by atoms with E-state index in [4.69, 9.17) is 4.74 Å². The molecule has 1 atom stereocenters. The van der Waals surface area contributed by atoms with Crippen LogP contribution in [-0.4, -0.2) is 84.6 Å². The van der Waals surface area contributed by atoms with Crippen molar-refractivity contribution in [2.75, 3.05) is 46.1 Å². The molecule has 1 aliphatic rings. The highest BCUT2D eigenvalue weighted by atomic mass is 32.2. The minimum absolute atomic E-state index is 0.0639. The van der Waals surface area contributed by atoms with Crippen LogP contribution < -0.4 is 0 Å². The van der Waals surface area contributed by atoms with Crippen molar-refractivity contribution in [1.82, 2.24) is 24.0 Å². The molecule has 1 aromatic rings. The van der Waals surface area contributed by atoms with Crippen LogP contribution in [0.3, 0.4) is 0 Å². The minimum Gasteiger partial charge on any atom is -0.374 e. The van der Waals surface area contributed by atoms with Crippen LogP contribution in [0.15, 0.2) is 0 Å². The molecule has 0 aliphatic carbocycles. The molecular weight excluding hydrogens is 318 g/mol. The Balaban J connectivity index is 1.80. The second kappa shape index (κ2) is 7.69. The zero-order chi connectivity index (χ0) is 17.0. The standard InChI is InChI=1S/C14H27N5O3S/c1-12-15-13(2)19(16-12)11-14-10-18(7-8-22-14)6-5-9-23(20,21)17(3)4/h14H,5-11H2,1-4H3/t14-/m1/s1. The third-order valence-electron chi connectivity index (χ3n) is 4.00. The molecule has 1 aromatic heterocycles. The molecule has 0 spiro atoms. The van der Waals surface area contributed by atoms with Gasteiger partial charge in [0.15, 0.2) is 0 Å². The molecule has 9 heteroatoms. The third kappa shape index (κ3) is 5.23. The quantitative estimate of drug-likeness (QED) is 0.685. The summed E-state index contributed by atoms with van der Waals surface area (Å²) < 4.78 is 32.5. The van der Waals surface area contributed by atoms with Crippen LogP contribution in [-0.2, 0) is 21.3 Å². The van der Waals surface area contributed by atoms with Crippen molar-refractivity contribution in [3.8, 4) is 0 Å². The first-order valence-corrected chi connectivity index (χ1v) is 9.51. The van der Waals surface area contributed by atoms with Gasteiger partial charge in [0.1, 0.15) is 11.6 Å². The molecule has 0 radical (unpaired) electrons. The highest BCUT2D eigenvalue weighted by Crippen LogP contribution is 2.10. The summed E-state index contributed by atoms with van der Waals surface area (Å²) >= 11 is 0. The van der Waals surface area contributed by atoms with Gasteiger partial charge in [-0.25, -0.2) is 22.4 Å². The molecule has 0 saturated carbocycles. The first-order chi connectivity index (χ1) is 10.8. The van der Waals surface area contributed by atoms with Crippen molar-refractivity contribution in [1.29, 1.82) is 0 Å². The van der Waals surface area contributed by atoms with Crippen molar-refractivity contribution < 1.29 is 13.2 Å². The number of morpholine rings is 1. The second-order valence-electron chi connectivity index (χ2n) is 6.13. The SMILES string of the molecule is Cc1nc(C)n(C[C@H]2CN(CCCS(=O)(=O)N(C)C)CCO2)n1. The number of nitrogens with zero attached hydrogens (tertiary/aromatic N) is 5. The normalized spacial score (nSPS) is 20.3. The van der Waals surface area contributed by atoms with Crippen LogP contribution in [0.5, 0.6) is 0 Å². The van der Waals surface area contributed by atoms with Gasteiger partial charge in [0.05, 0.1) is 25.0 Å². The van der Waals surface area contributed by atoms with Gasteiger partial charge in [-0.05, 0) is 26.8 Å². The van der Waals surface area contributed by atoms with Crippen LogP contribution in [0.4, 0.5) is 0 Å². The van der Waals surface area contributed by atoms with Crippen molar-refractivity contribution in [3.63, 3.8) is 0 Å². The first kappa shape index (κ1) is 18.3. The minimum atomic E-state index is -3.11. The lowest BCUT2D eigenvalue weighted by molar-refractivity contribution is -0.0376. The molecule has 0 aromatic carbocycles. The maximum atomic E-state index is 11.8. The lowest BCUT2D eigenvalue weighted by Gasteiger charge is -2.33. The van der Waals surface area contributed by atoms with Crippen LogP contribution in [0.1, 0.15) is 18.1 Å². The topological polar surface area (TPSA) is 80.6 Å². The van der Waals surface area contributed by atoms with Crippen LogP contribution in [0.25, 0.3) is 0 Å². The highest BCUT2D eigenvalue weighted by molar-refractivity contribution is 7.89. The van der Waals surface area contributed by atoms with Crippen molar-refractivity contribution in [3.05, 3.63) is 11.6 Å². The Bertz CT molecular complexity index is 614. The Morgan fingerprint density at radius 1 is 1.35 bits per heavy atom. The number of ether oxygens (including phenoxy) is 1. The van der Waals surface area contributed by atoms with Gasteiger partial charge < -0.3 is 4.74 Å². The third-order valence-corrected chi connectivity index (χ3v) is 5.91. The number of aromatic nitrogens is 3. The summed E-state index contributed by atoms with van der Waals surface area (Å²) in [4.78, 5) is 6.56. The van der Waals surface area contributed by atoms with E-state index in [1.807, 2.05) is 18.5 Å². The lowest BCUT2D eigenvalue weighted by atomic mass is 10.2. The fraction of sp³-hybridized carbons (Fsp3) is 0.857. The van der Waals surface area contributed by atoms with E-state index in [2.05, 4.69) is 15.0 Å². The monoisotopic (exact) mass is 345 g/mol. The van der Waals surface area contributed by atoms with Crippen LogP contribution in [0, 0.1) is 13.8 Å². The molecule has 2 rings (SSSR count). The molecule has 0 unspecified atom stereocenters. The van der Waals surface area contributed by atoms with Crippen molar-refractivity contribution in [2.24, 2.45) is 0 Å². The highest BCUT2D eigenvalue weighted by Gasteiger charge is 2.22. The van der Waals surface area contributed by atoms with Gasteiger partial charge in [-0.15, -0.1) is 0 Å². The van der Waals surface area contributed by atoms with Crippen molar-refractivity contribution >= 4 is 10.0 Å². The largest absolute Gasteiger partial charge is 0.374 e. The van der Waals surface area contributed by atoms with Gasteiger partial charge in [-0.2, -0.15) is 5.10 Å². The summed E-state index contributed by atoms with van der Waals surface area (Å²) in [6, 6.07) is 0. The van der Waals surface area contributed by atoms with Gasteiger partial charge in [-0.1, -0.05) is 0 Å². The molecule has 1 fully saturated rings. The fourth-order valence-electron chi connectivity index (χ4n) is 2.67. The first-order valence-electron chi connectivity index (χ1n) is 7.90. The van der Waals surface area contributed by atoms with E-state index >= 15 is 0 Å². The molecule has 8 nitrogen and oxygen atoms in total. The number of rotatable bonds is 7. The molecule has 23 heavy (non-hydrogen) atoms. The fourth-order valence-corrected chi connectivity index (χ4v) is 3.53. The molecule has 2 heterocycles. The van der Waals surface area contributed by atoms with E-state index in [0.29, 0.717) is 19.6 Å².